The highest BCUT2D eigenvalue weighted by molar-refractivity contribution is 8.07. The number of likely N-dealkylation sites (tertiary alicyclic amines) is 1. The van der Waals surface area contributed by atoms with Gasteiger partial charge in [0.05, 0.1) is 5.25 Å². The van der Waals surface area contributed by atoms with Crippen molar-refractivity contribution in [2.24, 2.45) is 5.92 Å². The third-order valence-electron chi connectivity index (χ3n) is 3.82. The topological polar surface area (TPSA) is 32.3 Å². The van der Waals surface area contributed by atoms with E-state index in [9.17, 15) is 4.79 Å². The summed E-state index contributed by atoms with van der Waals surface area (Å²) in [5.74, 6) is 4.58. The van der Waals surface area contributed by atoms with Crippen molar-refractivity contribution in [3.63, 3.8) is 0 Å². The fourth-order valence-electron chi connectivity index (χ4n) is 2.62. The van der Waals surface area contributed by atoms with Gasteiger partial charge in [-0.15, -0.1) is 24.2 Å². The Morgan fingerprint density at radius 2 is 2.05 bits per heavy atom. The van der Waals surface area contributed by atoms with E-state index < -0.39 is 0 Å². The lowest BCUT2D eigenvalue weighted by Crippen LogP contribution is -2.44. The van der Waals surface area contributed by atoms with Crippen LogP contribution in [-0.2, 0) is 4.79 Å². The number of halogens is 1. The number of nitrogens with zero attached hydrogens (tertiary/aromatic N) is 1. The Bertz CT molecular complexity index is 267. The molecule has 0 bridgehead atoms. The molecule has 2 aliphatic heterocycles. The molecular formula is C13H25ClN2OS2. The Morgan fingerprint density at radius 1 is 1.32 bits per heavy atom. The minimum Gasteiger partial charge on any atom is -0.342 e. The Balaban J connectivity index is 0.00000180. The highest BCUT2D eigenvalue weighted by atomic mass is 35.5. The summed E-state index contributed by atoms with van der Waals surface area (Å²) < 4.78 is 0. The molecule has 0 aromatic rings. The summed E-state index contributed by atoms with van der Waals surface area (Å²) in [7, 11) is 2.01. The maximum Gasteiger partial charge on any atom is 0.236 e. The van der Waals surface area contributed by atoms with E-state index in [-0.39, 0.29) is 17.7 Å². The molecule has 0 spiro atoms. The van der Waals surface area contributed by atoms with Crippen LogP contribution in [0, 0.1) is 5.92 Å². The molecule has 2 heterocycles. The molecule has 0 aromatic carbocycles. The van der Waals surface area contributed by atoms with Gasteiger partial charge in [0.25, 0.3) is 0 Å². The second-order valence-electron chi connectivity index (χ2n) is 5.10. The summed E-state index contributed by atoms with van der Waals surface area (Å²) >= 11 is 3.79. The lowest BCUT2D eigenvalue weighted by Gasteiger charge is -2.34. The van der Waals surface area contributed by atoms with Crippen molar-refractivity contribution in [2.45, 2.75) is 24.5 Å². The second kappa shape index (κ2) is 9.37. The van der Waals surface area contributed by atoms with Gasteiger partial charge in [-0.1, -0.05) is 0 Å². The summed E-state index contributed by atoms with van der Waals surface area (Å²) in [6, 6.07) is 0. The first kappa shape index (κ1) is 17.5. The molecule has 2 rings (SSSR count). The number of carbonyl (C=O) groups excluding carboxylic acids is 1. The van der Waals surface area contributed by atoms with Crippen molar-refractivity contribution in [3.05, 3.63) is 0 Å². The first-order valence-corrected chi connectivity index (χ1v) is 9.14. The molecule has 1 N–H and O–H groups in total. The highest BCUT2D eigenvalue weighted by Crippen LogP contribution is 2.27. The van der Waals surface area contributed by atoms with Gasteiger partial charge in [-0.05, 0) is 38.8 Å². The Kier molecular flexibility index (Phi) is 8.62. The first-order valence-electron chi connectivity index (χ1n) is 6.94. The van der Waals surface area contributed by atoms with Crippen LogP contribution in [0.15, 0.2) is 0 Å². The fraction of sp³-hybridized carbons (Fsp3) is 0.923. The van der Waals surface area contributed by atoms with E-state index in [0.717, 1.165) is 37.1 Å². The third kappa shape index (κ3) is 5.37. The average molecular weight is 325 g/mol. The second-order valence-corrected chi connectivity index (χ2v) is 7.56. The summed E-state index contributed by atoms with van der Waals surface area (Å²) in [6.45, 7) is 3.07. The maximum absolute atomic E-state index is 12.4. The van der Waals surface area contributed by atoms with Crippen LogP contribution in [0.1, 0.15) is 19.3 Å². The molecule has 0 saturated carbocycles. The lowest BCUT2D eigenvalue weighted by molar-refractivity contribution is -0.131. The zero-order valence-corrected chi connectivity index (χ0v) is 14.0. The van der Waals surface area contributed by atoms with E-state index in [4.69, 9.17) is 0 Å². The van der Waals surface area contributed by atoms with Gasteiger partial charge in [0.15, 0.2) is 0 Å². The molecule has 19 heavy (non-hydrogen) atoms. The number of hydrogen-bond donors (Lipinski definition) is 1. The predicted octanol–water partition coefficient (Wildman–Crippen LogP) is 2.10. The standard InChI is InChI=1S/C13H24N2OS2.ClH/c1-14-5-2-11-3-6-15(7-4-11)13(16)12-10-17-8-9-18-12;/h11-12,14H,2-10H2,1H3;1H. The van der Waals surface area contributed by atoms with Crippen molar-refractivity contribution in [2.75, 3.05) is 43.9 Å². The zero-order chi connectivity index (χ0) is 12.8. The maximum atomic E-state index is 12.4. The number of amides is 1. The number of piperidine rings is 1. The summed E-state index contributed by atoms with van der Waals surface area (Å²) in [5, 5.41) is 3.45. The van der Waals surface area contributed by atoms with Crippen LogP contribution in [0.3, 0.4) is 0 Å². The van der Waals surface area contributed by atoms with E-state index in [1.165, 1.54) is 25.0 Å². The molecule has 0 radical (unpaired) electrons. The van der Waals surface area contributed by atoms with Gasteiger partial charge in [-0.25, -0.2) is 0 Å². The molecule has 1 unspecified atom stereocenters. The molecule has 2 aliphatic rings. The predicted molar refractivity (Wildman–Crippen MR) is 88.7 cm³/mol. The van der Waals surface area contributed by atoms with Crippen molar-refractivity contribution in [1.29, 1.82) is 0 Å². The molecule has 2 fully saturated rings. The summed E-state index contributed by atoms with van der Waals surface area (Å²) in [4.78, 5) is 14.5. The zero-order valence-electron chi connectivity index (χ0n) is 11.6. The number of rotatable bonds is 4. The van der Waals surface area contributed by atoms with Crippen LogP contribution >= 0.6 is 35.9 Å². The van der Waals surface area contributed by atoms with E-state index in [1.54, 1.807) is 0 Å². The van der Waals surface area contributed by atoms with E-state index >= 15 is 0 Å². The Morgan fingerprint density at radius 3 is 2.63 bits per heavy atom. The molecule has 112 valence electrons. The molecule has 6 heteroatoms. The minimum absolute atomic E-state index is 0. The largest absolute Gasteiger partial charge is 0.342 e. The van der Waals surface area contributed by atoms with Gasteiger partial charge in [0.1, 0.15) is 0 Å². The molecule has 1 atom stereocenters. The molecule has 0 aliphatic carbocycles. The minimum atomic E-state index is 0. The van der Waals surface area contributed by atoms with Crippen LogP contribution in [0.25, 0.3) is 0 Å². The smallest absolute Gasteiger partial charge is 0.236 e. The normalized spacial score (nSPS) is 24.9. The van der Waals surface area contributed by atoms with Crippen molar-refractivity contribution in [1.82, 2.24) is 10.2 Å². The molecule has 2 saturated heterocycles. The third-order valence-corrected chi connectivity index (χ3v) is 6.56. The van der Waals surface area contributed by atoms with Crippen molar-refractivity contribution in [3.8, 4) is 0 Å². The molecule has 1 amide bonds. The van der Waals surface area contributed by atoms with Crippen molar-refractivity contribution < 1.29 is 4.79 Å². The fourth-order valence-corrected chi connectivity index (χ4v) is 5.25. The van der Waals surface area contributed by atoms with Crippen LogP contribution in [-0.4, -0.2) is 60.0 Å². The van der Waals surface area contributed by atoms with Gasteiger partial charge in [-0.3, -0.25) is 4.79 Å². The van der Waals surface area contributed by atoms with Gasteiger partial charge in [-0.2, -0.15) is 11.8 Å². The lowest BCUT2D eigenvalue weighted by atomic mass is 9.93. The molecule has 0 aromatic heterocycles. The van der Waals surface area contributed by atoms with Crippen LogP contribution < -0.4 is 5.32 Å². The van der Waals surface area contributed by atoms with E-state index in [1.807, 2.05) is 30.6 Å². The van der Waals surface area contributed by atoms with E-state index in [2.05, 4.69) is 10.2 Å². The number of hydrogen-bond acceptors (Lipinski definition) is 4. The van der Waals surface area contributed by atoms with Gasteiger partial charge >= 0.3 is 0 Å². The molecular weight excluding hydrogens is 300 g/mol. The van der Waals surface area contributed by atoms with Gasteiger partial charge in [0.2, 0.25) is 5.91 Å². The number of carbonyl (C=O) groups is 1. The Hall–Kier alpha value is 0.420. The summed E-state index contributed by atoms with van der Waals surface area (Å²) in [5.41, 5.74) is 0. The summed E-state index contributed by atoms with van der Waals surface area (Å²) in [6.07, 6.45) is 3.64. The first-order chi connectivity index (χ1) is 8.81. The van der Waals surface area contributed by atoms with Crippen LogP contribution in [0.5, 0.6) is 0 Å². The SMILES string of the molecule is CNCCC1CCN(C(=O)C2CSCCS2)CC1.Cl. The average Bonchev–Trinajstić information content (AvgIpc) is 2.46. The monoisotopic (exact) mass is 324 g/mol. The van der Waals surface area contributed by atoms with Crippen LogP contribution in [0.2, 0.25) is 0 Å². The number of thioether (sulfide) groups is 2. The van der Waals surface area contributed by atoms with E-state index in [0.29, 0.717) is 5.91 Å². The molecule has 3 nitrogen and oxygen atoms in total. The number of nitrogens with one attached hydrogen (secondary N) is 1. The Labute approximate surface area is 131 Å². The van der Waals surface area contributed by atoms with Crippen LogP contribution in [0.4, 0.5) is 0 Å². The van der Waals surface area contributed by atoms with Gasteiger partial charge in [0, 0.05) is 30.3 Å². The quantitative estimate of drug-likeness (QED) is 0.858. The van der Waals surface area contributed by atoms with Crippen molar-refractivity contribution >= 4 is 41.8 Å². The van der Waals surface area contributed by atoms with Gasteiger partial charge < -0.3 is 10.2 Å². The highest BCUT2D eigenvalue weighted by Gasteiger charge is 2.29.